The summed E-state index contributed by atoms with van der Waals surface area (Å²) in [5.74, 6) is -0.109. The third-order valence-corrected chi connectivity index (χ3v) is 4.26. The molecule has 2 rings (SSSR count). The molecule has 3 N–H and O–H groups in total. The molecule has 0 bridgehead atoms. The Labute approximate surface area is 129 Å². The Morgan fingerprint density at radius 3 is 2.70 bits per heavy atom. The van der Waals surface area contributed by atoms with E-state index in [1.165, 1.54) is 0 Å². The highest BCUT2D eigenvalue weighted by Crippen LogP contribution is 2.29. The first-order chi connectivity index (χ1) is 9.47. The second-order valence-electron chi connectivity index (χ2n) is 5.25. The molecule has 20 heavy (non-hydrogen) atoms. The summed E-state index contributed by atoms with van der Waals surface area (Å²) in [5.41, 5.74) is 6.39. The average Bonchev–Trinajstić information content (AvgIpc) is 2.37. The number of anilines is 1. The molecule has 2 unspecified atom stereocenters. The number of hydrogen-bond acceptors (Lipinski definition) is 3. The third kappa shape index (κ3) is 3.85. The van der Waals surface area contributed by atoms with Gasteiger partial charge >= 0.3 is 0 Å². The van der Waals surface area contributed by atoms with Gasteiger partial charge in [-0.1, -0.05) is 29.3 Å². The first-order valence-electron chi connectivity index (χ1n) is 6.71. The van der Waals surface area contributed by atoms with Crippen molar-refractivity contribution in [1.29, 1.82) is 0 Å². The molecule has 0 aliphatic carbocycles. The van der Waals surface area contributed by atoms with Crippen LogP contribution in [0.5, 0.6) is 0 Å². The zero-order valence-corrected chi connectivity index (χ0v) is 12.9. The van der Waals surface area contributed by atoms with Crippen LogP contribution in [0.1, 0.15) is 19.8 Å². The van der Waals surface area contributed by atoms with Gasteiger partial charge < -0.3 is 11.1 Å². The van der Waals surface area contributed by atoms with Crippen molar-refractivity contribution in [1.82, 2.24) is 4.90 Å². The van der Waals surface area contributed by atoms with Gasteiger partial charge in [0.15, 0.2) is 0 Å². The zero-order chi connectivity index (χ0) is 14.7. The van der Waals surface area contributed by atoms with Crippen molar-refractivity contribution < 1.29 is 4.79 Å². The highest BCUT2D eigenvalue weighted by molar-refractivity contribution is 6.39. The predicted octanol–water partition coefficient (Wildman–Crippen LogP) is 2.74. The molecule has 0 aromatic heterocycles. The lowest BCUT2D eigenvalue weighted by Gasteiger charge is -2.35. The van der Waals surface area contributed by atoms with E-state index in [1.54, 1.807) is 18.2 Å². The van der Waals surface area contributed by atoms with Gasteiger partial charge in [-0.3, -0.25) is 9.69 Å². The molecule has 110 valence electrons. The highest BCUT2D eigenvalue weighted by Gasteiger charge is 2.25. The summed E-state index contributed by atoms with van der Waals surface area (Å²) in [5, 5.41) is 3.67. The van der Waals surface area contributed by atoms with E-state index >= 15 is 0 Å². The van der Waals surface area contributed by atoms with Crippen molar-refractivity contribution in [2.24, 2.45) is 5.73 Å². The van der Waals surface area contributed by atoms with Gasteiger partial charge in [-0.25, -0.2) is 0 Å². The molecular formula is C14H19Cl2N3O. The summed E-state index contributed by atoms with van der Waals surface area (Å²) < 4.78 is 0. The van der Waals surface area contributed by atoms with Crippen LogP contribution in [0.2, 0.25) is 10.0 Å². The predicted molar refractivity (Wildman–Crippen MR) is 83.3 cm³/mol. The van der Waals surface area contributed by atoms with Crippen LogP contribution in [-0.2, 0) is 4.79 Å². The van der Waals surface area contributed by atoms with E-state index in [0.29, 0.717) is 28.3 Å². The van der Waals surface area contributed by atoms with Gasteiger partial charge in [0, 0.05) is 18.6 Å². The second-order valence-corrected chi connectivity index (χ2v) is 6.06. The number of rotatable bonds is 3. The minimum atomic E-state index is -0.109. The average molecular weight is 316 g/mol. The normalized spacial score (nSPS) is 23.6. The number of amides is 1. The van der Waals surface area contributed by atoms with Crippen LogP contribution < -0.4 is 11.1 Å². The maximum Gasteiger partial charge on any atom is 0.238 e. The summed E-state index contributed by atoms with van der Waals surface area (Å²) >= 11 is 12.1. The van der Waals surface area contributed by atoms with Crippen molar-refractivity contribution in [3.05, 3.63) is 28.2 Å². The molecule has 1 fully saturated rings. The minimum absolute atomic E-state index is 0.109. The summed E-state index contributed by atoms with van der Waals surface area (Å²) in [6.45, 7) is 3.26. The standard InChI is InChI=1S/C14H19Cl2N3O/c1-9-7-10(17)5-6-19(9)8-13(20)18-14-11(15)3-2-4-12(14)16/h2-4,9-10H,5-8,17H2,1H3,(H,18,20). The van der Waals surface area contributed by atoms with E-state index in [2.05, 4.69) is 17.1 Å². The number of nitrogens with two attached hydrogens (primary N) is 1. The minimum Gasteiger partial charge on any atom is -0.328 e. The molecule has 1 aromatic carbocycles. The molecular weight excluding hydrogens is 297 g/mol. The van der Waals surface area contributed by atoms with Crippen molar-refractivity contribution in [3.63, 3.8) is 0 Å². The van der Waals surface area contributed by atoms with Gasteiger partial charge in [-0.15, -0.1) is 0 Å². The first-order valence-corrected chi connectivity index (χ1v) is 7.46. The van der Waals surface area contributed by atoms with Crippen molar-refractivity contribution in [3.8, 4) is 0 Å². The zero-order valence-electron chi connectivity index (χ0n) is 11.4. The molecule has 6 heteroatoms. The highest BCUT2D eigenvalue weighted by atomic mass is 35.5. The Morgan fingerprint density at radius 1 is 1.45 bits per heavy atom. The summed E-state index contributed by atoms with van der Waals surface area (Å²) in [6, 6.07) is 5.69. The van der Waals surface area contributed by atoms with E-state index < -0.39 is 0 Å². The van der Waals surface area contributed by atoms with Crippen LogP contribution in [0.4, 0.5) is 5.69 Å². The van der Waals surface area contributed by atoms with Gasteiger partial charge in [-0.05, 0) is 31.9 Å². The van der Waals surface area contributed by atoms with Gasteiger partial charge in [0.1, 0.15) is 0 Å². The Hall–Kier alpha value is -0.810. The maximum atomic E-state index is 12.1. The lowest BCUT2D eigenvalue weighted by Crippen LogP contribution is -2.48. The molecule has 4 nitrogen and oxygen atoms in total. The fraction of sp³-hybridized carbons (Fsp3) is 0.500. The number of halogens is 2. The van der Waals surface area contributed by atoms with Crippen LogP contribution in [-0.4, -0.2) is 36.0 Å². The topological polar surface area (TPSA) is 58.4 Å². The molecule has 1 aliphatic heterocycles. The summed E-state index contributed by atoms with van der Waals surface area (Å²) in [6.07, 6.45) is 1.84. The van der Waals surface area contributed by atoms with E-state index in [4.69, 9.17) is 28.9 Å². The number of piperidine rings is 1. The number of nitrogens with one attached hydrogen (secondary N) is 1. The Bertz CT molecular complexity index is 475. The molecule has 1 saturated heterocycles. The molecule has 2 atom stereocenters. The van der Waals surface area contributed by atoms with Gasteiger partial charge in [-0.2, -0.15) is 0 Å². The molecule has 0 spiro atoms. The smallest absolute Gasteiger partial charge is 0.238 e. The third-order valence-electron chi connectivity index (χ3n) is 3.63. The van der Waals surface area contributed by atoms with Crippen LogP contribution in [0.3, 0.4) is 0 Å². The number of benzene rings is 1. The Morgan fingerprint density at radius 2 is 2.10 bits per heavy atom. The van der Waals surface area contributed by atoms with E-state index in [9.17, 15) is 4.79 Å². The van der Waals surface area contributed by atoms with Crippen LogP contribution in [0.15, 0.2) is 18.2 Å². The molecule has 0 radical (unpaired) electrons. The van der Waals surface area contributed by atoms with Crippen molar-refractivity contribution in [2.75, 3.05) is 18.4 Å². The fourth-order valence-corrected chi connectivity index (χ4v) is 2.96. The van der Waals surface area contributed by atoms with Gasteiger partial charge in [0.25, 0.3) is 0 Å². The van der Waals surface area contributed by atoms with Crippen molar-refractivity contribution in [2.45, 2.75) is 31.8 Å². The van der Waals surface area contributed by atoms with Gasteiger partial charge in [0.05, 0.1) is 22.3 Å². The molecule has 1 amide bonds. The van der Waals surface area contributed by atoms with Crippen molar-refractivity contribution >= 4 is 34.8 Å². The number of hydrogen-bond donors (Lipinski definition) is 2. The molecule has 0 saturated carbocycles. The van der Waals surface area contributed by atoms with Crippen LogP contribution in [0, 0.1) is 0 Å². The molecule has 1 aliphatic rings. The quantitative estimate of drug-likeness (QED) is 0.901. The first kappa shape index (κ1) is 15.6. The Kier molecular flexibility index (Phi) is 5.27. The molecule has 1 aromatic rings. The monoisotopic (exact) mass is 315 g/mol. The van der Waals surface area contributed by atoms with Gasteiger partial charge in [0.2, 0.25) is 5.91 Å². The molecule has 1 heterocycles. The maximum absolute atomic E-state index is 12.1. The number of nitrogens with zero attached hydrogens (tertiary/aromatic N) is 1. The number of likely N-dealkylation sites (tertiary alicyclic amines) is 1. The number of carbonyl (C=O) groups is 1. The van der Waals surface area contributed by atoms with E-state index in [1.807, 2.05) is 0 Å². The number of carbonyl (C=O) groups excluding carboxylic acids is 1. The lowest BCUT2D eigenvalue weighted by molar-refractivity contribution is -0.118. The summed E-state index contributed by atoms with van der Waals surface area (Å²) in [4.78, 5) is 14.2. The van der Waals surface area contributed by atoms with E-state index in [-0.39, 0.29) is 11.9 Å². The Balaban J connectivity index is 1.96. The van der Waals surface area contributed by atoms with E-state index in [0.717, 1.165) is 19.4 Å². The largest absolute Gasteiger partial charge is 0.328 e. The number of para-hydroxylation sites is 1. The van der Waals surface area contributed by atoms with Crippen LogP contribution in [0.25, 0.3) is 0 Å². The SMILES string of the molecule is CC1CC(N)CCN1CC(=O)Nc1c(Cl)cccc1Cl. The summed E-state index contributed by atoms with van der Waals surface area (Å²) in [7, 11) is 0. The second kappa shape index (κ2) is 6.76. The lowest BCUT2D eigenvalue weighted by atomic mass is 9.99. The fourth-order valence-electron chi connectivity index (χ4n) is 2.47. The van der Waals surface area contributed by atoms with Crippen LogP contribution >= 0.6 is 23.2 Å².